The molecule has 1 aliphatic carbocycles. The quantitative estimate of drug-likeness (QED) is 0.810. The minimum Gasteiger partial charge on any atom is -0.338 e. The van der Waals surface area contributed by atoms with Crippen molar-refractivity contribution < 1.29 is 13.2 Å². The van der Waals surface area contributed by atoms with Crippen LogP contribution in [0.1, 0.15) is 38.5 Å². The molecule has 6 nitrogen and oxygen atoms in total. The Kier molecular flexibility index (Phi) is 5.26. The zero-order valence-corrected chi connectivity index (χ0v) is 12.9. The standard InChI is InChI=1S/C13H25N3O3S/c1-20(18,19)16-8-6-12(7-9-16)15-13(17)14-10-11-4-2-3-5-11/h11-12H,2-10H2,1H3,(H2,14,15,17). The molecule has 1 heterocycles. The number of nitrogens with one attached hydrogen (secondary N) is 2. The first-order chi connectivity index (χ1) is 9.45. The molecule has 1 saturated carbocycles. The molecule has 0 bridgehead atoms. The van der Waals surface area contributed by atoms with E-state index in [9.17, 15) is 13.2 Å². The van der Waals surface area contributed by atoms with Gasteiger partial charge >= 0.3 is 6.03 Å². The highest BCUT2D eigenvalue weighted by Gasteiger charge is 2.25. The lowest BCUT2D eigenvalue weighted by atomic mass is 10.1. The van der Waals surface area contributed by atoms with Crippen molar-refractivity contribution in [2.75, 3.05) is 25.9 Å². The molecular weight excluding hydrogens is 278 g/mol. The Hall–Kier alpha value is -0.820. The second-order valence-electron chi connectivity index (χ2n) is 5.94. The number of amides is 2. The summed E-state index contributed by atoms with van der Waals surface area (Å²) in [5.74, 6) is 0.632. The van der Waals surface area contributed by atoms with Gasteiger partial charge in [0.05, 0.1) is 6.26 Å². The minimum atomic E-state index is -3.09. The average Bonchev–Trinajstić information content (AvgIpc) is 2.89. The minimum absolute atomic E-state index is 0.0802. The zero-order chi connectivity index (χ0) is 14.6. The Labute approximate surface area is 121 Å². The Morgan fingerprint density at radius 3 is 2.30 bits per heavy atom. The lowest BCUT2D eigenvalue weighted by molar-refractivity contribution is 0.226. The monoisotopic (exact) mass is 303 g/mol. The van der Waals surface area contributed by atoms with E-state index in [1.165, 1.54) is 36.2 Å². The van der Waals surface area contributed by atoms with Crippen LogP contribution in [0.15, 0.2) is 0 Å². The Morgan fingerprint density at radius 1 is 1.15 bits per heavy atom. The van der Waals surface area contributed by atoms with Gasteiger partial charge in [-0.05, 0) is 31.6 Å². The van der Waals surface area contributed by atoms with Crippen molar-refractivity contribution in [1.29, 1.82) is 0 Å². The molecule has 2 rings (SSSR count). The van der Waals surface area contributed by atoms with Gasteiger partial charge < -0.3 is 10.6 Å². The van der Waals surface area contributed by atoms with Gasteiger partial charge in [-0.3, -0.25) is 0 Å². The van der Waals surface area contributed by atoms with Gasteiger partial charge in [0.1, 0.15) is 0 Å². The highest BCUT2D eigenvalue weighted by Crippen LogP contribution is 2.23. The summed E-state index contributed by atoms with van der Waals surface area (Å²) in [4.78, 5) is 11.8. The van der Waals surface area contributed by atoms with Crippen molar-refractivity contribution in [3.05, 3.63) is 0 Å². The van der Waals surface area contributed by atoms with E-state index in [0.29, 0.717) is 31.8 Å². The number of hydrogen-bond donors (Lipinski definition) is 2. The van der Waals surface area contributed by atoms with Crippen LogP contribution < -0.4 is 10.6 Å². The van der Waals surface area contributed by atoms with Crippen LogP contribution in [-0.4, -0.2) is 50.7 Å². The van der Waals surface area contributed by atoms with Crippen LogP contribution in [0.3, 0.4) is 0 Å². The smallest absolute Gasteiger partial charge is 0.315 e. The van der Waals surface area contributed by atoms with E-state index in [0.717, 1.165) is 6.54 Å². The van der Waals surface area contributed by atoms with Crippen LogP contribution in [0.25, 0.3) is 0 Å². The van der Waals surface area contributed by atoms with Crippen LogP contribution >= 0.6 is 0 Å². The number of nitrogens with zero attached hydrogens (tertiary/aromatic N) is 1. The van der Waals surface area contributed by atoms with Gasteiger partial charge in [0.25, 0.3) is 0 Å². The molecule has 1 saturated heterocycles. The van der Waals surface area contributed by atoms with E-state index < -0.39 is 10.0 Å². The molecular formula is C13H25N3O3S. The zero-order valence-electron chi connectivity index (χ0n) is 12.1. The third-order valence-electron chi connectivity index (χ3n) is 4.28. The highest BCUT2D eigenvalue weighted by molar-refractivity contribution is 7.88. The summed E-state index contributed by atoms with van der Waals surface area (Å²) in [6, 6.07) is -0.0358. The fourth-order valence-corrected chi connectivity index (χ4v) is 3.89. The summed E-state index contributed by atoms with van der Waals surface area (Å²) in [6.45, 7) is 1.74. The maximum atomic E-state index is 11.8. The van der Waals surface area contributed by atoms with Crippen LogP contribution in [0, 0.1) is 5.92 Å². The van der Waals surface area contributed by atoms with Gasteiger partial charge in [-0.1, -0.05) is 12.8 Å². The number of carbonyl (C=O) groups excluding carboxylic acids is 1. The summed E-state index contributed by atoms with van der Waals surface area (Å²) in [5.41, 5.74) is 0. The number of hydrogen-bond acceptors (Lipinski definition) is 3. The Bertz CT molecular complexity index is 424. The van der Waals surface area contributed by atoms with Gasteiger partial charge in [-0.25, -0.2) is 17.5 Å². The number of urea groups is 1. The molecule has 0 aromatic carbocycles. The van der Waals surface area contributed by atoms with Crippen molar-refractivity contribution in [3.63, 3.8) is 0 Å². The van der Waals surface area contributed by atoms with E-state index >= 15 is 0 Å². The van der Waals surface area contributed by atoms with Crippen molar-refractivity contribution in [3.8, 4) is 0 Å². The van der Waals surface area contributed by atoms with Crippen LogP contribution in [0.5, 0.6) is 0 Å². The number of sulfonamides is 1. The summed E-state index contributed by atoms with van der Waals surface area (Å²) < 4.78 is 24.3. The molecule has 7 heteroatoms. The van der Waals surface area contributed by atoms with Crippen molar-refractivity contribution in [2.24, 2.45) is 5.92 Å². The van der Waals surface area contributed by atoms with E-state index in [4.69, 9.17) is 0 Å². The molecule has 0 radical (unpaired) electrons. The second-order valence-corrected chi connectivity index (χ2v) is 7.92. The molecule has 20 heavy (non-hydrogen) atoms. The molecule has 0 aromatic rings. The lowest BCUT2D eigenvalue weighted by Crippen LogP contribution is -2.49. The normalized spacial score (nSPS) is 22.9. The Balaban J connectivity index is 1.65. The SMILES string of the molecule is CS(=O)(=O)N1CCC(NC(=O)NCC2CCCC2)CC1. The van der Waals surface area contributed by atoms with Gasteiger partial charge in [0.2, 0.25) is 10.0 Å². The maximum absolute atomic E-state index is 11.8. The van der Waals surface area contributed by atoms with Gasteiger partial charge in [-0.15, -0.1) is 0 Å². The fourth-order valence-electron chi connectivity index (χ4n) is 3.02. The third-order valence-corrected chi connectivity index (χ3v) is 5.59. The predicted octanol–water partition coefficient (Wildman–Crippen LogP) is 0.900. The molecule has 1 aliphatic heterocycles. The fraction of sp³-hybridized carbons (Fsp3) is 0.923. The molecule has 2 amide bonds. The summed E-state index contributed by atoms with van der Waals surface area (Å²) >= 11 is 0. The van der Waals surface area contributed by atoms with Crippen molar-refractivity contribution >= 4 is 16.1 Å². The summed E-state index contributed by atoms with van der Waals surface area (Å²) in [6.07, 6.45) is 7.58. The highest BCUT2D eigenvalue weighted by atomic mass is 32.2. The van der Waals surface area contributed by atoms with E-state index in [1.54, 1.807) is 0 Å². The summed E-state index contributed by atoms with van der Waals surface area (Å²) in [7, 11) is -3.09. The van der Waals surface area contributed by atoms with Crippen molar-refractivity contribution in [2.45, 2.75) is 44.6 Å². The maximum Gasteiger partial charge on any atom is 0.315 e. The second kappa shape index (κ2) is 6.76. The number of piperidine rings is 1. The van der Waals surface area contributed by atoms with Crippen LogP contribution in [0.4, 0.5) is 4.79 Å². The topological polar surface area (TPSA) is 78.5 Å². The van der Waals surface area contributed by atoms with E-state index in [1.807, 2.05) is 0 Å². The first kappa shape index (κ1) is 15.6. The van der Waals surface area contributed by atoms with Gasteiger partial charge in [-0.2, -0.15) is 0 Å². The van der Waals surface area contributed by atoms with Gasteiger partial charge in [0.15, 0.2) is 0 Å². The molecule has 0 aromatic heterocycles. The van der Waals surface area contributed by atoms with E-state index in [2.05, 4.69) is 10.6 Å². The van der Waals surface area contributed by atoms with Crippen LogP contribution in [-0.2, 0) is 10.0 Å². The van der Waals surface area contributed by atoms with Crippen molar-refractivity contribution in [1.82, 2.24) is 14.9 Å². The number of rotatable bonds is 4. The molecule has 116 valence electrons. The van der Waals surface area contributed by atoms with Crippen LogP contribution in [0.2, 0.25) is 0 Å². The molecule has 0 atom stereocenters. The number of carbonyl (C=O) groups is 1. The molecule has 2 fully saturated rings. The molecule has 0 unspecified atom stereocenters. The largest absolute Gasteiger partial charge is 0.338 e. The lowest BCUT2D eigenvalue weighted by Gasteiger charge is -2.30. The molecule has 2 aliphatic rings. The molecule has 0 spiro atoms. The van der Waals surface area contributed by atoms with E-state index in [-0.39, 0.29) is 12.1 Å². The Morgan fingerprint density at radius 2 is 1.75 bits per heavy atom. The average molecular weight is 303 g/mol. The molecule has 2 N–H and O–H groups in total. The first-order valence-corrected chi connectivity index (χ1v) is 9.29. The predicted molar refractivity (Wildman–Crippen MR) is 77.9 cm³/mol. The van der Waals surface area contributed by atoms with Gasteiger partial charge in [0, 0.05) is 25.7 Å². The summed E-state index contributed by atoms with van der Waals surface area (Å²) in [5, 5.41) is 5.87. The third kappa shape index (κ3) is 4.63. The first-order valence-electron chi connectivity index (χ1n) is 7.44.